The van der Waals surface area contributed by atoms with Crippen molar-refractivity contribution in [2.75, 3.05) is 6.54 Å². The second-order valence-electron chi connectivity index (χ2n) is 5.86. The van der Waals surface area contributed by atoms with Gasteiger partial charge in [0.15, 0.2) is 0 Å². The lowest BCUT2D eigenvalue weighted by atomic mass is 10.0. The Morgan fingerprint density at radius 3 is 2.60 bits per heavy atom. The number of thiophene rings is 1. The minimum absolute atomic E-state index is 0.195. The first-order valence-corrected chi connectivity index (χ1v) is 10.3. The first-order valence-electron chi connectivity index (χ1n) is 7.92. The monoisotopic (exact) mass is 377 g/mol. The fraction of sp³-hybridized carbons (Fsp3) is 0.294. The van der Waals surface area contributed by atoms with Crippen molar-refractivity contribution in [1.82, 2.24) is 14.9 Å². The van der Waals surface area contributed by atoms with Gasteiger partial charge in [-0.05, 0) is 35.1 Å². The molecule has 25 heavy (non-hydrogen) atoms. The van der Waals surface area contributed by atoms with E-state index in [1.165, 1.54) is 11.3 Å². The van der Waals surface area contributed by atoms with Crippen molar-refractivity contribution in [2.24, 2.45) is 0 Å². The maximum absolute atomic E-state index is 12.3. The third-order valence-corrected chi connectivity index (χ3v) is 6.04. The Kier molecular flexibility index (Phi) is 5.31. The van der Waals surface area contributed by atoms with Crippen LogP contribution in [0.15, 0.2) is 51.2 Å². The summed E-state index contributed by atoms with van der Waals surface area (Å²) in [5, 5.41) is 5.84. The summed E-state index contributed by atoms with van der Waals surface area (Å²) in [6.07, 6.45) is 0.335. The number of aromatic nitrogens is 2. The van der Waals surface area contributed by atoms with Crippen LogP contribution in [-0.4, -0.2) is 25.1 Å². The van der Waals surface area contributed by atoms with Gasteiger partial charge in [0.05, 0.1) is 9.77 Å². The van der Waals surface area contributed by atoms with Crippen LogP contribution >= 0.6 is 11.3 Å². The lowest BCUT2D eigenvalue weighted by Gasteiger charge is -2.08. The second-order valence-corrected chi connectivity index (χ2v) is 8.58. The van der Waals surface area contributed by atoms with Gasteiger partial charge in [-0.2, -0.15) is 4.98 Å². The molecule has 0 saturated carbocycles. The van der Waals surface area contributed by atoms with Crippen LogP contribution in [0.1, 0.15) is 31.2 Å². The van der Waals surface area contributed by atoms with Crippen LogP contribution in [0.3, 0.4) is 0 Å². The van der Waals surface area contributed by atoms with Crippen LogP contribution in [0.5, 0.6) is 0 Å². The summed E-state index contributed by atoms with van der Waals surface area (Å²) in [5.41, 5.74) is 1.10. The van der Waals surface area contributed by atoms with Gasteiger partial charge in [0.25, 0.3) is 0 Å². The highest BCUT2D eigenvalue weighted by Gasteiger charge is 2.15. The minimum Gasteiger partial charge on any atom is -0.339 e. The van der Waals surface area contributed by atoms with Crippen LogP contribution in [0, 0.1) is 0 Å². The van der Waals surface area contributed by atoms with Gasteiger partial charge in [-0.25, -0.2) is 13.1 Å². The number of hydrogen-bond acceptors (Lipinski definition) is 6. The molecule has 0 aliphatic heterocycles. The molecule has 2 aromatic heterocycles. The largest absolute Gasteiger partial charge is 0.339 e. The number of benzene rings is 1. The molecule has 0 atom stereocenters. The molecule has 1 N–H and O–H groups in total. The zero-order chi connectivity index (χ0) is 17.9. The Morgan fingerprint density at radius 2 is 1.96 bits per heavy atom. The van der Waals surface area contributed by atoms with E-state index in [1.807, 2.05) is 29.6 Å². The SMILES string of the molecule is CC(C)c1ccc(S(=O)(=O)NCCc2nc(-c3cccs3)no2)cc1. The summed E-state index contributed by atoms with van der Waals surface area (Å²) in [5.74, 6) is 1.29. The minimum atomic E-state index is -3.55. The quantitative estimate of drug-likeness (QED) is 0.682. The van der Waals surface area contributed by atoms with E-state index in [2.05, 4.69) is 28.7 Å². The van der Waals surface area contributed by atoms with Gasteiger partial charge in [0, 0.05) is 13.0 Å². The van der Waals surface area contributed by atoms with Gasteiger partial charge >= 0.3 is 0 Å². The number of sulfonamides is 1. The van der Waals surface area contributed by atoms with Gasteiger partial charge in [-0.15, -0.1) is 11.3 Å². The molecule has 132 valence electrons. The predicted octanol–water partition coefficient (Wildman–Crippen LogP) is 3.44. The molecule has 3 rings (SSSR count). The van der Waals surface area contributed by atoms with E-state index in [0.29, 0.717) is 24.1 Å². The van der Waals surface area contributed by atoms with Gasteiger partial charge in [-0.1, -0.05) is 37.2 Å². The van der Waals surface area contributed by atoms with Crippen molar-refractivity contribution >= 4 is 21.4 Å². The molecule has 0 spiro atoms. The highest BCUT2D eigenvalue weighted by molar-refractivity contribution is 7.89. The van der Waals surface area contributed by atoms with Crippen molar-refractivity contribution in [1.29, 1.82) is 0 Å². The summed E-state index contributed by atoms with van der Waals surface area (Å²) in [6, 6.07) is 10.7. The van der Waals surface area contributed by atoms with E-state index in [-0.39, 0.29) is 11.4 Å². The van der Waals surface area contributed by atoms with E-state index in [9.17, 15) is 8.42 Å². The topological polar surface area (TPSA) is 85.1 Å². The Hall–Kier alpha value is -2.03. The molecule has 6 nitrogen and oxygen atoms in total. The first-order chi connectivity index (χ1) is 12.0. The third kappa shape index (κ3) is 4.33. The highest BCUT2D eigenvalue weighted by Crippen LogP contribution is 2.21. The summed E-state index contributed by atoms with van der Waals surface area (Å²) in [6.45, 7) is 4.33. The van der Waals surface area contributed by atoms with Crippen molar-refractivity contribution in [3.05, 3.63) is 53.2 Å². The van der Waals surface area contributed by atoms with Crippen LogP contribution in [0.4, 0.5) is 0 Å². The standard InChI is InChI=1S/C17H19N3O3S2/c1-12(2)13-5-7-14(8-6-13)25(21,22)18-10-9-16-19-17(20-23-16)15-4-3-11-24-15/h3-8,11-12,18H,9-10H2,1-2H3. The summed E-state index contributed by atoms with van der Waals surface area (Å²) >= 11 is 1.52. The lowest BCUT2D eigenvalue weighted by Crippen LogP contribution is -2.26. The number of nitrogens with zero attached hydrogens (tertiary/aromatic N) is 2. The molecule has 8 heteroatoms. The second kappa shape index (κ2) is 7.47. The van der Waals surface area contributed by atoms with Crippen LogP contribution in [0.25, 0.3) is 10.7 Å². The molecule has 0 bridgehead atoms. The smallest absolute Gasteiger partial charge is 0.240 e. The maximum Gasteiger partial charge on any atom is 0.240 e. The highest BCUT2D eigenvalue weighted by atomic mass is 32.2. The first kappa shape index (κ1) is 17.8. The Balaban J connectivity index is 1.59. The van der Waals surface area contributed by atoms with E-state index >= 15 is 0 Å². The molecule has 0 unspecified atom stereocenters. The average Bonchev–Trinajstić information content (AvgIpc) is 3.26. The number of nitrogens with one attached hydrogen (secondary N) is 1. The van der Waals surface area contributed by atoms with Gasteiger partial charge in [-0.3, -0.25) is 0 Å². The van der Waals surface area contributed by atoms with Crippen LogP contribution < -0.4 is 4.72 Å². The number of hydrogen-bond donors (Lipinski definition) is 1. The Morgan fingerprint density at radius 1 is 1.20 bits per heavy atom. The molecule has 1 aromatic carbocycles. The number of rotatable bonds is 7. The molecule has 2 heterocycles. The Labute approximate surface area is 151 Å². The summed E-state index contributed by atoms with van der Waals surface area (Å²) in [7, 11) is -3.55. The fourth-order valence-electron chi connectivity index (χ4n) is 2.27. The molecule has 0 amide bonds. The maximum atomic E-state index is 12.3. The third-order valence-electron chi connectivity index (χ3n) is 3.70. The van der Waals surface area contributed by atoms with E-state index in [1.54, 1.807) is 12.1 Å². The molecule has 0 radical (unpaired) electrons. The van der Waals surface area contributed by atoms with Gasteiger partial charge < -0.3 is 4.52 Å². The van der Waals surface area contributed by atoms with Crippen molar-refractivity contribution in [3.8, 4) is 10.7 Å². The zero-order valence-corrected chi connectivity index (χ0v) is 15.6. The molecule has 0 aliphatic rings. The summed E-state index contributed by atoms with van der Waals surface area (Å²) < 4.78 is 32.4. The molecule has 0 saturated heterocycles. The van der Waals surface area contributed by atoms with Crippen molar-refractivity contribution in [2.45, 2.75) is 31.1 Å². The molecule has 0 aliphatic carbocycles. The van der Waals surface area contributed by atoms with E-state index in [0.717, 1.165) is 10.4 Å². The van der Waals surface area contributed by atoms with E-state index in [4.69, 9.17) is 4.52 Å². The fourth-order valence-corrected chi connectivity index (χ4v) is 3.95. The average molecular weight is 377 g/mol. The molecular weight excluding hydrogens is 358 g/mol. The van der Waals surface area contributed by atoms with Crippen LogP contribution in [-0.2, 0) is 16.4 Å². The van der Waals surface area contributed by atoms with Gasteiger partial charge in [0.1, 0.15) is 0 Å². The van der Waals surface area contributed by atoms with E-state index < -0.39 is 10.0 Å². The van der Waals surface area contributed by atoms with Crippen molar-refractivity contribution in [3.63, 3.8) is 0 Å². The molecule has 3 aromatic rings. The Bertz CT molecular complexity index is 914. The summed E-state index contributed by atoms with van der Waals surface area (Å²) in [4.78, 5) is 5.44. The zero-order valence-electron chi connectivity index (χ0n) is 14.0. The predicted molar refractivity (Wildman–Crippen MR) is 97.0 cm³/mol. The normalized spacial score (nSPS) is 12.0. The molecular formula is C17H19N3O3S2. The lowest BCUT2D eigenvalue weighted by molar-refractivity contribution is 0.379. The van der Waals surface area contributed by atoms with Gasteiger partial charge in [0.2, 0.25) is 21.7 Å². The van der Waals surface area contributed by atoms with Crippen LogP contribution in [0.2, 0.25) is 0 Å². The molecule has 0 fully saturated rings. The van der Waals surface area contributed by atoms with Crippen molar-refractivity contribution < 1.29 is 12.9 Å².